The van der Waals surface area contributed by atoms with Crippen LogP contribution in [0.15, 0.2) is 24.3 Å². The summed E-state index contributed by atoms with van der Waals surface area (Å²) in [4.78, 5) is 2.63. The molecule has 1 fully saturated rings. The Morgan fingerprint density at radius 3 is 2.85 bits per heavy atom. The lowest BCUT2D eigenvalue weighted by Gasteiger charge is -2.31. The fourth-order valence-corrected chi connectivity index (χ4v) is 3.14. The highest BCUT2D eigenvalue weighted by Crippen LogP contribution is 2.27. The molecule has 3 heteroatoms. The van der Waals surface area contributed by atoms with Crippen LogP contribution in [0.25, 0.3) is 0 Å². The molecule has 2 unspecified atom stereocenters. The molecule has 2 rings (SSSR count). The summed E-state index contributed by atoms with van der Waals surface area (Å²) in [5.74, 6) is 0.981. The summed E-state index contributed by atoms with van der Waals surface area (Å²) >= 11 is 0. The molecule has 1 saturated heterocycles. The molecular weight excluding hydrogens is 248 g/mol. The van der Waals surface area contributed by atoms with Crippen molar-refractivity contribution in [2.75, 3.05) is 27.2 Å². The predicted molar refractivity (Wildman–Crippen MR) is 84.3 cm³/mol. The molecule has 2 atom stereocenters. The minimum absolute atomic E-state index is 0.326. The first kappa shape index (κ1) is 15.3. The first-order chi connectivity index (χ1) is 9.76. The molecule has 0 amide bonds. The van der Waals surface area contributed by atoms with E-state index in [9.17, 15) is 0 Å². The molecule has 112 valence electrons. The van der Waals surface area contributed by atoms with Gasteiger partial charge in [-0.15, -0.1) is 0 Å². The number of likely N-dealkylation sites (N-methyl/N-ethyl adjacent to an activating group) is 1. The number of likely N-dealkylation sites (tertiary alicyclic amines) is 1. The number of hydrogen-bond acceptors (Lipinski definition) is 3. The van der Waals surface area contributed by atoms with Crippen molar-refractivity contribution in [1.82, 2.24) is 10.2 Å². The van der Waals surface area contributed by atoms with E-state index in [4.69, 9.17) is 4.74 Å². The molecule has 0 bridgehead atoms. The molecular formula is C17H28N2O. The molecule has 1 aliphatic heterocycles. The van der Waals surface area contributed by atoms with Gasteiger partial charge in [0.15, 0.2) is 0 Å². The minimum Gasteiger partial charge on any atom is -0.496 e. The van der Waals surface area contributed by atoms with Crippen molar-refractivity contribution in [3.63, 3.8) is 0 Å². The van der Waals surface area contributed by atoms with E-state index in [1.807, 2.05) is 19.2 Å². The number of nitrogens with one attached hydrogen (secondary N) is 1. The Morgan fingerprint density at radius 1 is 1.30 bits per heavy atom. The Kier molecular flexibility index (Phi) is 5.86. The number of benzene rings is 1. The molecule has 0 saturated carbocycles. The van der Waals surface area contributed by atoms with Crippen LogP contribution in [-0.2, 0) is 0 Å². The monoisotopic (exact) mass is 276 g/mol. The SMILES string of the molecule is CNC(CN1CCCCCC1C)c1ccccc1OC. The number of ether oxygens (including phenoxy) is 1. The second-order valence-electron chi connectivity index (χ2n) is 5.78. The zero-order valence-corrected chi connectivity index (χ0v) is 13.1. The molecule has 20 heavy (non-hydrogen) atoms. The van der Waals surface area contributed by atoms with Gasteiger partial charge in [-0.25, -0.2) is 0 Å². The maximum Gasteiger partial charge on any atom is 0.123 e. The van der Waals surface area contributed by atoms with Gasteiger partial charge < -0.3 is 10.1 Å². The van der Waals surface area contributed by atoms with Crippen LogP contribution in [0.1, 0.15) is 44.2 Å². The van der Waals surface area contributed by atoms with Gasteiger partial charge in [0, 0.05) is 24.2 Å². The topological polar surface area (TPSA) is 24.5 Å². The quantitative estimate of drug-likeness (QED) is 0.893. The lowest BCUT2D eigenvalue weighted by Crippen LogP contribution is -2.39. The van der Waals surface area contributed by atoms with Crippen LogP contribution in [0.5, 0.6) is 5.75 Å². The van der Waals surface area contributed by atoms with E-state index in [2.05, 4.69) is 29.3 Å². The predicted octanol–water partition coefficient (Wildman–Crippen LogP) is 3.22. The molecule has 0 spiro atoms. The normalized spacial score (nSPS) is 22.2. The van der Waals surface area contributed by atoms with Crippen molar-refractivity contribution < 1.29 is 4.74 Å². The largest absolute Gasteiger partial charge is 0.496 e. The highest BCUT2D eigenvalue weighted by Gasteiger charge is 2.22. The van der Waals surface area contributed by atoms with E-state index in [1.54, 1.807) is 7.11 Å². The molecule has 0 aromatic heterocycles. The Bertz CT molecular complexity index is 408. The molecule has 1 aliphatic rings. The van der Waals surface area contributed by atoms with Crippen molar-refractivity contribution in [1.29, 1.82) is 0 Å². The Balaban J connectivity index is 2.11. The lowest BCUT2D eigenvalue weighted by molar-refractivity contribution is 0.192. The summed E-state index contributed by atoms with van der Waals surface area (Å²) < 4.78 is 5.51. The van der Waals surface area contributed by atoms with Crippen LogP contribution in [0.3, 0.4) is 0 Å². The maximum absolute atomic E-state index is 5.51. The zero-order valence-electron chi connectivity index (χ0n) is 13.1. The van der Waals surface area contributed by atoms with Crippen LogP contribution < -0.4 is 10.1 Å². The highest BCUT2D eigenvalue weighted by molar-refractivity contribution is 5.36. The Labute approximate surface area is 123 Å². The third-order valence-electron chi connectivity index (χ3n) is 4.47. The van der Waals surface area contributed by atoms with E-state index >= 15 is 0 Å². The highest BCUT2D eigenvalue weighted by atomic mass is 16.5. The Hall–Kier alpha value is -1.06. The van der Waals surface area contributed by atoms with Gasteiger partial charge in [-0.05, 0) is 39.4 Å². The Morgan fingerprint density at radius 2 is 2.10 bits per heavy atom. The zero-order chi connectivity index (χ0) is 14.4. The number of rotatable bonds is 5. The first-order valence-electron chi connectivity index (χ1n) is 7.80. The van der Waals surface area contributed by atoms with Gasteiger partial charge in [0.25, 0.3) is 0 Å². The first-order valence-corrected chi connectivity index (χ1v) is 7.80. The number of hydrogen-bond donors (Lipinski definition) is 1. The average molecular weight is 276 g/mol. The van der Waals surface area contributed by atoms with Gasteiger partial charge in [-0.1, -0.05) is 31.0 Å². The molecule has 0 aliphatic carbocycles. The van der Waals surface area contributed by atoms with E-state index < -0.39 is 0 Å². The van der Waals surface area contributed by atoms with Crippen molar-refractivity contribution >= 4 is 0 Å². The maximum atomic E-state index is 5.51. The summed E-state index contributed by atoms with van der Waals surface area (Å²) in [6.45, 7) is 4.63. The minimum atomic E-state index is 0.326. The fourth-order valence-electron chi connectivity index (χ4n) is 3.14. The van der Waals surface area contributed by atoms with Gasteiger partial charge in [0.05, 0.1) is 7.11 Å². The summed E-state index contributed by atoms with van der Waals surface area (Å²) in [5, 5.41) is 3.46. The van der Waals surface area contributed by atoms with Crippen molar-refractivity contribution in [3.8, 4) is 5.75 Å². The van der Waals surface area contributed by atoms with Crippen LogP contribution >= 0.6 is 0 Å². The molecule has 1 aromatic rings. The lowest BCUT2D eigenvalue weighted by atomic mass is 10.0. The van der Waals surface area contributed by atoms with Gasteiger partial charge in [0.2, 0.25) is 0 Å². The molecule has 1 N–H and O–H groups in total. The van der Waals surface area contributed by atoms with Gasteiger partial charge >= 0.3 is 0 Å². The smallest absolute Gasteiger partial charge is 0.123 e. The van der Waals surface area contributed by atoms with Gasteiger partial charge in [0.1, 0.15) is 5.75 Å². The van der Waals surface area contributed by atoms with Crippen LogP contribution in [0, 0.1) is 0 Å². The number of methoxy groups -OCH3 is 1. The van der Waals surface area contributed by atoms with E-state index in [0.29, 0.717) is 12.1 Å². The molecule has 1 heterocycles. The second-order valence-corrected chi connectivity index (χ2v) is 5.78. The summed E-state index contributed by atoms with van der Waals surface area (Å²) in [6.07, 6.45) is 5.39. The molecule has 3 nitrogen and oxygen atoms in total. The second kappa shape index (κ2) is 7.65. The number of para-hydroxylation sites is 1. The van der Waals surface area contributed by atoms with Crippen molar-refractivity contribution in [2.24, 2.45) is 0 Å². The fraction of sp³-hybridized carbons (Fsp3) is 0.647. The third kappa shape index (κ3) is 3.74. The van der Waals surface area contributed by atoms with Gasteiger partial charge in [-0.2, -0.15) is 0 Å². The summed E-state index contributed by atoms with van der Waals surface area (Å²) in [7, 11) is 3.79. The van der Waals surface area contributed by atoms with E-state index in [-0.39, 0.29) is 0 Å². The third-order valence-corrected chi connectivity index (χ3v) is 4.47. The van der Waals surface area contributed by atoms with Crippen LogP contribution in [-0.4, -0.2) is 38.2 Å². The number of nitrogens with zero attached hydrogens (tertiary/aromatic N) is 1. The van der Waals surface area contributed by atoms with Crippen LogP contribution in [0.2, 0.25) is 0 Å². The summed E-state index contributed by atoms with van der Waals surface area (Å²) in [5.41, 5.74) is 1.26. The van der Waals surface area contributed by atoms with Crippen molar-refractivity contribution in [3.05, 3.63) is 29.8 Å². The van der Waals surface area contributed by atoms with Crippen molar-refractivity contribution in [2.45, 2.75) is 44.7 Å². The average Bonchev–Trinajstić information content (AvgIpc) is 2.69. The molecule has 1 aromatic carbocycles. The molecule has 0 radical (unpaired) electrons. The van der Waals surface area contributed by atoms with Gasteiger partial charge in [-0.3, -0.25) is 4.90 Å². The van der Waals surface area contributed by atoms with E-state index in [1.165, 1.54) is 37.8 Å². The van der Waals surface area contributed by atoms with Crippen LogP contribution in [0.4, 0.5) is 0 Å². The van der Waals surface area contributed by atoms with E-state index in [0.717, 1.165) is 12.3 Å². The summed E-state index contributed by atoms with van der Waals surface area (Å²) in [6, 6.07) is 9.35. The standard InChI is InChI=1S/C17H28N2O/c1-14-9-5-4-8-12-19(14)13-16(18-2)15-10-6-7-11-17(15)20-3/h6-7,10-11,14,16,18H,4-5,8-9,12-13H2,1-3H3.